The van der Waals surface area contributed by atoms with Gasteiger partial charge in [-0.15, -0.1) is 0 Å². The fourth-order valence-corrected chi connectivity index (χ4v) is 3.15. The third-order valence-corrected chi connectivity index (χ3v) is 4.85. The fraction of sp³-hybridized carbons (Fsp3) is 0.208. The molecule has 0 aliphatic carbocycles. The molecule has 0 aromatic heterocycles. The second-order valence-corrected chi connectivity index (χ2v) is 6.97. The summed E-state index contributed by atoms with van der Waals surface area (Å²) in [7, 11) is 0. The van der Waals surface area contributed by atoms with Crippen LogP contribution in [0.2, 0.25) is 0 Å². The van der Waals surface area contributed by atoms with Crippen molar-refractivity contribution in [1.29, 1.82) is 0 Å². The van der Waals surface area contributed by atoms with Gasteiger partial charge in [0.1, 0.15) is 18.1 Å². The number of amides is 1. The lowest BCUT2D eigenvalue weighted by molar-refractivity contribution is -0.385. The lowest BCUT2D eigenvalue weighted by Crippen LogP contribution is -2.14. The summed E-state index contributed by atoms with van der Waals surface area (Å²) < 4.78 is 11.6. The number of carbonyl (C=O) groups excluding carboxylic acids is 1. The summed E-state index contributed by atoms with van der Waals surface area (Å²) in [4.78, 5) is 23.5. The molecule has 0 atom stereocenters. The molecule has 7 heteroatoms. The van der Waals surface area contributed by atoms with Crippen LogP contribution in [0.25, 0.3) is 0 Å². The number of para-hydroxylation sites is 1. The summed E-state index contributed by atoms with van der Waals surface area (Å²) in [5.41, 5.74) is 2.89. The van der Waals surface area contributed by atoms with Crippen molar-refractivity contribution in [3.05, 3.63) is 93.0 Å². The topological polar surface area (TPSA) is 90.7 Å². The van der Waals surface area contributed by atoms with E-state index >= 15 is 0 Å². The first-order valence-corrected chi connectivity index (χ1v) is 9.90. The second-order valence-electron chi connectivity index (χ2n) is 6.97. The summed E-state index contributed by atoms with van der Waals surface area (Å²) in [6.07, 6.45) is 0. The molecule has 0 saturated carbocycles. The molecule has 3 rings (SSSR count). The van der Waals surface area contributed by atoms with Gasteiger partial charge in [0.15, 0.2) is 0 Å². The maximum absolute atomic E-state index is 12.8. The molecule has 1 amide bonds. The van der Waals surface area contributed by atoms with Gasteiger partial charge in [-0.1, -0.05) is 24.3 Å². The predicted octanol–water partition coefficient (Wildman–Crippen LogP) is 5.44. The highest BCUT2D eigenvalue weighted by molar-refractivity contribution is 6.05. The van der Waals surface area contributed by atoms with Gasteiger partial charge in [-0.25, -0.2) is 0 Å². The van der Waals surface area contributed by atoms with Gasteiger partial charge in [0.05, 0.1) is 22.8 Å². The molecule has 0 bridgehead atoms. The lowest BCUT2D eigenvalue weighted by Gasteiger charge is -2.15. The first-order valence-electron chi connectivity index (χ1n) is 9.90. The minimum atomic E-state index is -0.469. The van der Waals surface area contributed by atoms with E-state index in [9.17, 15) is 14.9 Å². The average molecular weight is 420 g/mol. The van der Waals surface area contributed by atoms with Crippen LogP contribution in [0.3, 0.4) is 0 Å². The van der Waals surface area contributed by atoms with Crippen LogP contribution in [0, 0.1) is 24.0 Å². The zero-order valence-electron chi connectivity index (χ0n) is 17.7. The summed E-state index contributed by atoms with van der Waals surface area (Å²) >= 11 is 0. The van der Waals surface area contributed by atoms with Crippen molar-refractivity contribution >= 4 is 17.3 Å². The average Bonchev–Trinajstić information content (AvgIpc) is 2.75. The van der Waals surface area contributed by atoms with Crippen molar-refractivity contribution in [3.8, 4) is 11.5 Å². The lowest BCUT2D eigenvalue weighted by atomic mass is 10.1. The maximum Gasteiger partial charge on any atom is 0.274 e. The number of rotatable bonds is 8. The number of anilines is 1. The zero-order chi connectivity index (χ0) is 22.4. The van der Waals surface area contributed by atoms with Crippen LogP contribution in [-0.4, -0.2) is 17.4 Å². The molecule has 0 aliphatic rings. The van der Waals surface area contributed by atoms with Crippen LogP contribution in [-0.2, 0) is 6.61 Å². The van der Waals surface area contributed by atoms with Crippen LogP contribution in [0.1, 0.15) is 34.0 Å². The Morgan fingerprint density at radius 1 is 1.00 bits per heavy atom. The Kier molecular flexibility index (Phi) is 6.87. The molecular formula is C24H24N2O5. The van der Waals surface area contributed by atoms with Crippen LogP contribution >= 0.6 is 0 Å². The number of nitro benzene ring substituents is 1. The van der Waals surface area contributed by atoms with Crippen molar-refractivity contribution in [2.24, 2.45) is 0 Å². The molecule has 3 aromatic carbocycles. The van der Waals surface area contributed by atoms with E-state index in [1.165, 1.54) is 6.07 Å². The molecule has 3 aromatic rings. The number of carbonyl (C=O) groups is 1. The molecule has 0 spiro atoms. The Labute approximate surface area is 180 Å². The first kappa shape index (κ1) is 21.8. The highest BCUT2D eigenvalue weighted by Crippen LogP contribution is 2.27. The number of nitrogens with one attached hydrogen (secondary N) is 1. The van der Waals surface area contributed by atoms with Crippen molar-refractivity contribution in [2.45, 2.75) is 27.4 Å². The Bertz CT molecular complexity index is 1110. The summed E-state index contributed by atoms with van der Waals surface area (Å²) in [5, 5.41) is 13.9. The van der Waals surface area contributed by atoms with Gasteiger partial charge in [-0.05, 0) is 56.7 Å². The van der Waals surface area contributed by atoms with E-state index in [1.807, 2.05) is 38.1 Å². The van der Waals surface area contributed by atoms with Gasteiger partial charge >= 0.3 is 0 Å². The molecule has 0 aliphatic heterocycles. The van der Waals surface area contributed by atoms with E-state index in [0.29, 0.717) is 29.2 Å². The highest BCUT2D eigenvalue weighted by atomic mass is 16.6. The molecule has 0 fully saturated rings. The zero-order valence-corrected chi connectivity index (χ0v) is 17.7. The normalized spacial score (nSPS) is 10.4. The van der Waals surface area contributed by atoms with E-state index in [-0.39, 0.29) is 18.2 Å². The third-order valence-electron chi connectivity index (χ3n) is 4.85. The number of ether oxygens (including phenoxy) is 2. The molecule has 0 saturated heterocycles. The number of aryl methyl sites for hydroxylation is 1. The monoisotopic (exact) mass is 420 g/mol. The molecule has 0 radical (unpaired) electrons. The van der Waals surface area contributed by atoms with Gasteiger partial charge in [0, 0.05) is 17.2 Å². The summed E-state index contributed by atoms with van der Waals surface area (Å²) in [6, 6.07) is 17.4. The Hall–Kier alpha value is -3.87. The number of benzene rings is 3. The minimum absolute atomic E-state index is 0.0446. The number of hydrogen-bond acceptors (Lipinski definition) is 5. The van der Waals surface area contributed by atoms with E-state index in [2.05, 4.69) is 5.32 Å². The Morgan fingerprint density at radius 3 is 2.48 bits per heavy atom. The quantitative estimate of drug-likeness (QED) is 0.387. The van der Waals surface area contributed by atoms with Crippen molar-refractivity contribution in [2.75, 3.05) is 11.9 Å². The second kappa shape index (κ2) is 9.75. The van der Waals surface area contributed by atoms with Crippen LogP contribution in [0.4, 0.5) is 11.4 Å². The van der Waals surface area contributed by atoms with Gasteiger partial charge in [-0.3, -0.25) is 14.9 Å². The predicted molar refractivity (Wildman–Crippen MR) is 119 cm³/mol. The van der Waals surface area contributed by atoms with E-state index in [1.54, 1.807) is 37.3 Å². The molecule has 160 valence electrons. The Balaban J connectivity index is 1.84. The SMILES string of the molecule is CCOc1ccc(C(=O)Nc2cccc([N+](=O)[O-])c2C)cc1COc1ccccc1C. The summed E-state index contributed by atoms with van der Waals surface area (Å²) in [5.74, 6) is 1.02. The van der Waals surface area contributed by atoms with Gasteiger partial charge in [0.25, 0.3) is 11.6 Å². The standard InChI is InChI=1S/C24H24N2O5/c1-4-30-23-13-12-18(14-19(23)15-31-22-11-6-5-8-16(22)2)24(27)25-20-9-7-10-21(17(20)3)26(28)29/h5-14H,4,15H2,1-3H3,(H,25,27). The molecule has 31 heavy (non-hydrogen) atoms. The molecule has 0 heterocycles. The van der Waals surface area contributed by atoms with E-state index < -0.39 is 4.92 Å². The fourth-order valence-electron chi connectivity index (χ4n) is 3.15. The van der Waals surface area contributed by atoms with Gasteiger partial charge in [-0.2, -0.15) is 0 Å². The summed E-state index contributed by atoms with van der Waals surface area (Å²) in [6.45, 7) is 6.17. The molecule has 0 unspecified atom stereocenters. The number of nitrogens with zero attached hydrogens (tertiary/aromatic N) is 1. The number of nitro groups is 1. The van der Waals surface area contributed by atoms with Crippen LogP contribution in [0.5, 0.6) is 11.5 Å². The minimum Gasteiger partial charge on any atom is -0.493 e. The van der Waals surface area contributed by atoms with Crippen LogP contribution in [0.15, 0.2) is 60.7 Å². The molecule has 1 N–H and O–H groups in total. The van der Waals surface area contributed by atoms with E-state index in [4.69, 9.17) is 9.47 Å². The first-order chi connectivity index (χ1) is 14.9. The van der Waals surface area contributed by atoms with Crippen molar-refractivity contribution in [1.82, 2.24) is 0 Å². The largest absolute Gasteiger partial charge is 0.493 e. The third kappa shape index (κ3) is 5.19. The van der Waals surface area contributed by atoms with Gasteiger partial charge in [0.2, 0.25) is 0 Å². The smallest absolute Gasteiger partial charge is 0.274 e. The van der Waals surface area contributed by atoms with Gasteiger partial charge < -0.3 is 14.8 Å². The maximum atomic E-state index is 12.8. The van der Waals surface area contributed by atoms with Crippen LogP contribution < -0.4 is 14.8 Å². The Morgan fingerprint density at radius 2 is 1.77 bits per heavy atom. The van der Waals surface area contributed by atoms with Crippen molar-refractivity contribution < 1.29 is 19.2 Å². The van der Waals surface area contributed by atoms with E-state index in [0.717, 1.165) is 16.9 Å². The highest BCUT2D eigenvalue weighted by Gasteiger charge is 2.17. The molecular weight excluding hydrogens is 396 g/mol. The molecule has 7 nitrogen and oxygen atoms in total. The number of hydrogen-bond donors (Lipinski definition) is 1. The van der Waals surface area contributed by atoms with Crippen molar-refractivity contribution in [3.63, 3.8) is 0 Å².